The van der Waals surface area contributed by atoms with Gasteiger partial charge in [0.05, 0.1) is 24.2 Å². The fraction of sp³-hybridized carbons (Fsp3) is 0.423. The molecule has 2 N–H and O–H groups in total. The van der Waals surface area contributed by atoms with E-state index in [9.17, 15) is 31.9 Å². The first-order valence-corrected chi connectivity index (χ1v) is 11.9. The van der Waals surface area contributed by atoms with E-state index >= 15 is 0 Å². The summed E-state index contributed by atoms with van der Waals surface area (Å²) < 4.78 is 62.8. The van der Waals surface area contributed by atoms with Crippen molar-refractivity contribution in [3.05, 3.63) is 65.0 Å². The van der Waals surface area contributed by atoms with Gasteiger partial charge in [-0.25, -0.2) is 4.39 Å². The minimum absolute atomic E-state index is 0.0257. The number of benzene rings is 2. The van der Waals surface area contributed by atoms with Crippen molar-refractivity contribution in [1.29, 1.82) is 0 Å². The van der Waals surface area contributed by atoms with Gasteiger partial charge in [-0.2, -0.15) is 13.2 Å². The number of rotatable bonds is 9. The lowest BCUT2D eigenvalue weighted by Gasteiger charge is -2.27. The molecule has 0 spiro atoms. The van der Waals surface area contributed by atoms with Crippen LogP contribution in [-0.4, -0.2) is 43.6 Å². The van der Waals surface area contributed by atoms with Gasteiger partial charge in [-0.3, -0.25) is 14.4 Å². The molecule has 0 radical (unpaired) electrons. The number of halogens is 4. The highest BCUT2D eigenvalue weighted by Gasteiger charge is 2.34. The van der Waals surface area contributed by atoms with Gasteiger partial charge in [0.25, 0.3) is 11.8 Å². The van der Waals surface area contributed by atoms with Crippen molar-refractivity contribution in [2.75, 3.05) is 19.7 Å². The Morgan fingerprint density at radius 2 is 1.46 bits per heavy atom. The molecule has 0 heterocycles. The van der Waals surface area contributed by atoms with E-state index in [2.05, 4.69) is 10.6 Å². The Morgan fingerprint density at radius 3 is 2.03 bits per heavy atom. The Labute approximate surface area is 211 Å². The second-order valence-corrected chi connectivity index (χ2v) is 8.57. The van der Waals surface area contributed by atoms with Crippen molar-refractivity contribution in [3.63, 3.8) is 0 Å². The van der Waals surface area contributed by atoms with Crippen LogP contribution in [0.2, 0.25) is 0 Å². The number of alkyl halides is 3. The van der Waals surface area contributed by atoms with Crippen LogP contribution in [0.5, 0.6) is 5.75 Å². The number of carbonyl (C=O) groups is 3. The van der Waals surface area contributed by atoms with Crippen LogP contribution in [0.3, 0.4) is 0 Å². The molecule has 0 aliphatic heterocycles. The van der Waals surface area contributed by atoms with Gasteiger partial charge in [0.15, 0.2) is 0 Å². The molecule has 2 aromatic carbocycles. The van der Waals surface area contributed by atoms with Crippen LogP contribution in [0, 0.1) is 11.7 Å². The Hall–Kier alpha value is -3.63. The van der Waals surface area contributed by atoms with Crippen LogP contribution in [0.4, 0.5) is 17.6 Å². The van der Waals surface area contributed by atoms with Crippen LogP contribution in [0.25, 0.3) is 0 Å². The average molecular weight is 525 g/mol. The summed E-state index contributed by atoms with van der Waals surface area (Å²) in [4.78, 5) is 36.3. The summed E-state index contributed by atoms with van der Waals surface area (Å²) in [6.45, 7) is 2.13. The molecule has 2 amide bonds. The summed E-state index contributed by atoms with van der Waals surface area (Å²) in [5.74, 6) is -2.35. The number of hydrogen-bond donors (Lipinski definition) is 2. The average Bonchev–Trinajstić information content (AvgIpc) is 2.87. The molecule has 1 aliphatic rings. The fourth-order valence-electron chi connectivity index (χ4n) is 3.99. The summed E-state index contributed by atoms with van der Waals surface area (Å²) in [7, 11) is 0. The molecular weight excluding hydrogens is 496 g/mol. The summed E-state index contributed by atoms with van der Waals surface area (Å²) >= 11 is 0. The Morgan fingerprint density at radius 1 is 0.892 bits per heavy atom. The first-order valence-electron chi connectivity index (χ1n) is 11.9. The fourth-order valence-corrected chi connectivity index (χ4v) is 3.99. The number of ether oxygens (including phenoxy) is 2. The molecule has 0 atom stereocenters. The molecule has 7 nitrogen and oxygen atoms in total. The van der Waals surface area contributed by atoms with E-state index in [0.29, 0.717) is 42.9 Å². The Balaban J connectivity index is 1.41. The summed E-state index contributed by atoms with van der Waals surface area (Å²) in [5.41, 5.74) is -1.51. The van der Waals surface area contributed by atoms with Gasteiger partial charge in [-0.1, -0.05) is 0 Å². The van der Waals surface area contributed by atoms with Gasteiger partial charge >= 0.3 is 12.1 Å². The third-order valence-electron chi connectivity index (χ3n) is 5.94. The summed E-state index contributed by atoms with van der Waals surface area (Å²) in [6, 6.07) is 8.49. The van der Waals surface area contributed by atoms with E-state index in [0.717, 1.165) is 18.9 Å². The standard InChI is InChI=1S/C26H28F4N2O5/c1-2-36-25(35)17-5-10-20(11-6-17)37-19-8-3-16(4-9-19)23(33)31-13-14-32-24(34)18-7-12-22(27)21(15-18)26(28,29)30/h3-4,7-9,12,15,17,20H,2,5-6,10-11,13-14H2,1H3,(H,31,33)(H,32,34)/t17-,20+. The maximum Gasteiger partial charge on any atom is 0.419 e. The van der Waals surface area contributed by atoms with E-state index < -0.39 is 29.4 Å². The summed E-state index contributed by atoms with van der Waals surface area (Å²) in [6.07, 6.45) is -2.09. The minimum atomic E-state index is -4.92. The Kier molecular flexibility index (Phi) is 9.48. The largest absolute Gasteiger partial charge is 0.490 e. The molecule has 1 saturated carbocycles. The third kappa shape index (κ3) is 7.93. The molecule has 0 saturated heterocycles. The molecule has 0 bridgehead atoms. The van der Waals surface area contributed by atoms with E-state index in [4.69, 9.17) is 9.47 Å². The van der Waals surface area contributed by atoms with Crippen molar-refractivity contribution in [1.82, 2.24) is 10.6 Å². The van der Waals surface area contributed by atoms with Crippen LogP contribution >= 0.6 is 0 Å². The van der Waals surface area contributed by atoms with Gasteiger partial charge in [-0.05, 0) is 75.1 Å². The molecule has 2 aromatic rings. The van der Waals surface area contributed by atoms with Gasteiger partial charge < -0.3 is 20.1 Å². The molecule has 1 aliphatic carbocycles. The van der Waals surface area contributed by atoms with Gasteiger partial charge in [0.2, 0.25) is 0 Å². The number of esters is 1. The molecule has 0 unspecified atom stereocenters. The van der Waals surface area contributed by atoms with Crippen molar-refractivity contribution in [3.8, 4) is 5.75 Å². The number of carbonyl (C=O) groups excluding carboxylic acids is 3. The molecule has 1 fully saturated rings. The first-order chi connectivity index (χ1) is 17.6. The minimum Gasteiger partial charge on any atom is -0.490 e. The monoisotopic (exact) mass is 524 g/mol. The predicted molar refractivity (Wildman–Crippen MR) is 126 cm³/mol. The zero-order valence-corrected chi connectivity index (χ0v) is 20.2. The van der Waals surface area contributed by atoms with Crippen LogP contribution < -0.4 is 15.4 Å². The van der Waals surface area contributed by atoms with Gasteiger partial charge in [0, 0.05) is 24.2 Å². The molecule has 200 valence electrons. The van der Waals surface area contributed by atoms with Crippen LogP contribution in [-0.2, 0) is 15.7 Å². The SMILES string of the molecule is CCOC(=O)[C@H]1CC[C@@H](Oc2ccc(C(=O)NCCNC(=O)c3ccc(F)c(C(F)(F)F)c3)cc2)CC1. The quantitative estimate of drug-likeness (QED) is 0.286. The molecule has 37 heavy (non-hydrogen) atoms. The zero-order chi connectivity index (χ0) is 27.0. The lowest BCUT2D eigenvalue weighted by molar-refractivity contribution is -0.149. The number of amides is 2. The van der Waals surface area contributed by atoms with E-state index in [1.807, 2.05) is 0 Å². The predicted octanol–water partition coefficient (Wildman–Crippen LogP) is 4.51. The van der Waals surface area contributed by atoms with E-state index in [1.165, 1.54) is 0 Å². The number of nitrogens with one attached hydrogen (secondary N) is 2. The molecule has 3 rings (SSSR count). The topological polar surface area (TPSA) is 93.7 Å². The normalized spacial score (nSPS) is 17.5. The lowest BCUT2D eigenvalue weighted by Crippen LogP contribution is -2.34. The van der Waals surface area contributed by atoms with Gasteiger partial charge in [0.1, 0.15) is 11.6 Å². The second-order valence-electron chi connectivity index (χ2n) is 8.57. The molecular formula is C26H28F4N2O5. The maximum atomic E-state index is 13.4. The van der Waals surface area contributed by atoms with Gasteiger partial charge in [-0.15, -0.1) is 0 Å². The highest BCUT2D eigenvalue weighted by molar-refractivity contribution is 5.95. The van der Waals surface area contributed by atoms with Crippen molar-refractivity contribution >= 4 is 17.8 Å². The maximum absolute atomic E-state index is 13.4. The second kappa shape index (κ2) is 12.6. The van der Waals surface area contributed by atoms with Crippen molar-refractivity contribution < 1.29 is 41.4 Å². The smallest absolute Gasteiger partial charge is 0.419 e. The van der Waals surface area contributed by atoms with Crippen molar-refractivity contribution in [2.45, 2.75) is 44.9 Å². The van der Waals surface area contributed by atoms with E-state index in [1.54, 1.807) is 31.2 Å². The highest BCUT2D eigenvalue weighted by Crippen LogP contribution is 2.32. The van der Waals surface area contributed by atoms with Crippen molar-refractivity contribution in [2.24, 2.45) is 5.92 Å². The summed E-state index contributed by atoms with van der Waals surface area (Å²) in [5, 5.41) is 4.98. The lowest BCUT2D eigenvalue weighted by atomic mass is 9.87. The zero-order valence-electron chi connectivity index (χ0n) is 20.2. The van der Waals surface area contributed by atoms with Crippen LogP contribution in [0.15, 0.2) is 42.5 Å². The third-order valence-corrected chi connectivity index (χ3v) is 5.94. The first kappa shape index (κ1) is 27.9. The molecule has 0 aromatic heterocycles. The molecule has 11 heteroatoms. The van der Waals surface area contributed by atoms with E-state index in [-0.39, 0.29) is 36.6 Å². The van der Waals surface area contributed by atoms with Crippen LogP contribution in [0.1, 0.15) is 58.9 Å². The number of hydrogen-bond acceptors (Lipinski definition) is 5. The Bertz CT molecular complexity index is 1100. The highest BCUT2D eigenvalue weighted by atomic mass is 19.4.